The Morgan fingerprint density at radius 1 is 1.19 bits per heavy atom. The summed E-state index contributed by atoms with van der Waals surface area (Å²) in [5, 5.41) is 9.77. The lowest BCUT2D eigenvalue weighted by atomic mass is 10.1. The first-order valence-corrected chi connectivity index (χ1v) is 9.09. The van der Waals surface area contributed by atoms with Crippen LogP contribution in [0.3, 0.4) is 0 Å². The van der Waals surface area contributed by atoms with E-state index in [2.05, 4.69) is 15.6 Å². The maximum absolute atomic E-state index is 12.8. The molecule has 5 nitrogen and oxygen atoms in total. The zero-order valence-electron chi connectivity index (χ0n) is 15.0. The van der Waals surface area contributed by atoms with Crippen LogP contribution in [-0.4, -0.2) is 37.4 Å². The summed E-state index contributed by atoms with van der Waals surface area (Å²) in [4.78, 5) is 17.6. The summed E-state index contributed by atoms with van der Waals surface area (Å²) in [6.45, 7) is 0.582. The number of alkyl halides is 3. The third-order valence-electron chi connectivity index (χ3n) is 3.62. The highest BCUT2D eigenvalue weighted by atomic mass is 32.1. The molecule has 0 aliphatic heterocycles. The average Bonchev–Trinajstić information content (AvgIpc) is 3.13. The number of hydrogen-bond donors (Lipinski definition) is 2. The summed E-state index contributed by atoms with van der Waals surface area (Å²) < 4.78 is 38.5. The fraction of sp³-hybridized carbons (Fsp3) is 0.333. The van der Waals surface area contributed by atoms with Crippen molar-refractivity contribution in [3.63, 3.8) is 0 Å². The molecule has 0 bridgehead atoms. The largest absolute Gasteiger partial charge is 0.416 e. The monoisotopic (exact) mass is 398 g/mol. The summed E-state index contributed by atoms with van der Waals surface area (Å²) >= 11 is 1.55. The maximum Gasteiger partial charge on any atom is 0.416 e. The van der Waals surface area contributed by atoms with E-state index in [1.54, 1.807) is 31.5 Å². The van der Waals surface area contributed by atoms with Gasteiger partial charge in [0, 0.05) is 20.6 Å². The Morgan fingerprint density at radius 3 is 2.59 bits per heavy atom. The number of nitrogens with one attached hydrogen (secondary N) is 2. The van der Waals surface area contributed by atoms with Crippen LogP contribution in [0.4, 0.5) is 13.2 Å². The smallest absolute Gasteiger partial charge is 0.352 e. The van der Waals surface area contributed by atoms with Gasteiger partial charge in [-0.2, -0.15) is 24.5 Å². The maximum atomic E-state index is 12.8. The summed E-state index contributed by atoms with van der Waals surface area (Å²) in [6, 6.07) is 7.02. The van der Waals surface area contributed by atoms with E-state index in [4.69, 9.17) is 0 Å². The number of benzene rings is 1. The van der Waals surface area contributed by atoms with Crippen molar-refractivity contribution in [2.24, 2.45) is 4.99 Å². The topological polar surface area (TPSA) is 56.7 Å². The third-order valence-corrected chi connectivity index (χ3v) is 4.35. The van der Waals surface area contributed by atoms with E-state index in [1.807, 2.05) is 16.8 Å². The minimum atomic E-state index is -4.39. The molecule has 27 heavy (non-hydrogen) atoms. The molecule has 2 rings (SSSR count). The first-order chi connectivity index (χ1) is 12.8. The lowest BCUT2D eigenvalue weighted by molar-refractivity contribution is -0.137. The Bertz CT molecular complexity index is 773. The number of halogens is 3. The predicted octanol–water partition coefficient (Wildman–Crippen LogP) is 3.09. The number of carbonyl (C=O) groups excluding carboxylic acids is 1. The van der Waals surface area contributed by atoms with Gasteiger partial charge in [0.25, 0.3) is 0 Å². The molecule has 146 valence electrons. The molecule has 0 saturated carbocycles. The van der Waals surface area contributed by atoms with Crippen LogP contribution < -0.4 is 10.6 Å². The molecule has 0 aliphatic rings. The highest BCUT2D eigenvalue weighted by Crippen LogP contribution is 2.29. The Balaban J connectivity index is 2.04. The van der Waals surface area contributed by atoms with Crippen molar-refractivity contribution in [1.29, 1.82) is 0 Å². The van der Waals surface area contributed by atoms with Crippen LogP contribution in [-0.2, 0) is 24.1 Å². The van der Waals surface area contributed by atoms with E-state index in [9.17, 15) is 18.0 Å². The van der Waals surface area contributed by atoms with Crippen LogP contribution in [0.15, 0.2) is 46.1 Å². The van der Waals surface area contributed by atoms with Crippen molar-refractivity contribution in [2.45, 2.75) is 19.3 Å². The van der Waals surface area contributed by atoms with Gasteiger partial charge in [0.1, 0.15) is 0 Å². The molecule has 0 unspecified atom stereocenters. The van der Waals surface area contributed by atoms with Gasteiger partial charge in [-0.15, -0.1) is 0 Å². The van der Waals surface area contributed by atoms with Gasteiger partial charge >= 0.3 is 6.18 Å². The van der Waals surface area contributed by atoms with Crippen molar-refractivity contribution < 1.29 is 18.0 Å². The van der Waals surface area contributed by atoms with Gasteiger partial charge < -0.3 is 15.5 Å². The van der Waals surface area contributed by atoms with Crippen LogP contribution in [0.25, 0.3) is 0 Å². The van der Waals surface area contributed by atoms with Gasteiger partial charge in [0.15, 0.2) is 5.96 Å². The molecule has 1 amide bonds. The molecule has 1 heterocycles. The van der Waals surface area contributed by atoms with Crippen molar-refractivity contribution >= 4 is 23.2 Å². The molecule has 0 fully saturated rings. The van der Waals surface area contributed by atoms with Crippen LogP contribution in [0.5, 0.6) is 0 Å². The van der Waals surface area contributed by atoms with Crippen LogP contribution in [0, 0.1) is 0 Å². The van der Waals surface area contributed by atoms with Crippen molar-refractivity contribution in [3.05, 3.63) is 57.8 Å². The normalized spacial score (nSPS) is 12.0. The van der Waals surface area contributed by atoms with E-state index in [1.165, 1.54) is 11.0 Å². The van der Waals surface area contributed by atoms with Gasteiger partial charge in [0.05, 0.1) is 18.7 Å². The molecule has 9 heteroatoms. The van der Waals surface area contributed by atoms with Gasteiger partial charge in [0.2, 0.25) is 5.91 Å². The quantitative estimate of drug-likeness (QED) is 0.581. The van der Waals surface area contributed by atoms with E-state index in [0.29, 0.717) is 18.1 Å². The molecule has 2 N–H and O–H groups in total. The molecule has 0 saturated heterocycles. The zero-order valence-corrected chi connectivity index (χ0v) is 15.8. The molecule has 0 radical (unpaired) electrons. The number of hydrogen-bond acceptors (Lipinski definition) is 3. The summed E-state index contributed by atoms with van der Waals surface area (Å²) in [6.07, 6.45) is -4.39. The second-order valence-corrected chi connectivity index (χ2v) is 6.77. The van der Waals surface area contributed by atoms with Gasteiger partial charge in [-0.1, -0.05) is 12.1 Å². The number of guanidine groups is 1. The molecule has 1 aromatic carbocycles. The first-order valence-electron chi connectivity index (χ1n) is 8.15. The summed E-state index contributed by atoms with van der Waals surface area (Å²) in [5.41, 5.74) is 0.780. The zero-order chi connectivity index (χ0) is 19.9. The fourth-order valence-electron chi connectivity index (χ4n) is 2.09. The van der Waals surface area contributed by atoms with Crippen LogP contribution >= 0.6 is 11.3 Å². The highest BCUT2D eigenvalue weighted by molar-refractivity contribution is 7.07. The molecular weight excluding hydrogens is 377 g/mol. The molecule has 0 atom stereocenters. The molecule has 0 spiro atoms. The standard InChI is InChI=1S/C18H21F3N4OS/c1-25(2)16(26)11-24-17(23-10-14-6-7-27-12-14)22-9-13-4-3-5-15(8-13)18(19,20)21/h3-8,12H,9-11H2,1-2H3,(H2,22,23,24). The molecule has 1 aromatic heterocycles. The van der Waals surface area contributed by atoms with E-state index in [-0.39, 0.29) is 19.0 Å². The number of amides is 1. The van der Waals surface area contributed by atoms with Gasteiger partial charge in [-0.3, -0.25) is 4.79 Å². The van der Waals surface area contributed by atoms with Gasteiger partial charge in [-0.25, -0.2) is 4.99 Å². The van der Waals surface area contributed by atoms with Crippen molar-refractivity contribution in [2.75, 3.05) is 20.6 Å². The van der Waals surface area contributed by atoms with Crippen molar-refractivity contribution in [3.8, 4) is 0 Å². The Kier molecular flexibility index (Phi) is 7.23. The number of thiophene rings is 1. The average molecular weight is 398 g/mol. The molecule has 0 aliphatic carbocycles. The number of likely N-dealkylation sites (N-methyl/N-ethyl adjacent to an activating group) is 1. The number of carbonyl (C=O) groups is 1. The van der Waals surface area contributed by atoms with Crippen LogP contribution in [0.2, 0.25) is 0 Å². The van der Waals surface area contributed by atoms with E-state index >= 15 is 0 Å². The summed E-state index contributed by atoms with van der Waals surface area (Å²) in [5.74, 6) is 0.216. The SMILES string of the molecule is CN(C)C(=O)CNC(=NCc1ccsc1)NCc1cccc(C(F)(F)F)c1. The number of nitrogens with zero attached hydrogens (tertiary/aromatic N) is 2. The Morgan fingerprint density at radius 2 is 1.96 bits per heavy atom. The van der Waals surface area contributed by atoms with Crippen LogP contribution in [0.1, 0.15) is 16.7 Å². The second-order valence-electron chi connectivity index (χ2n) is 5.99. The molecular formula is C18H21F3N4OS. The minimum Gasteiger partial charge on any atom is -0.352 e. The lowest BCUT2D eigenvalue weighted by Gasteiger charge is -2.15. The Hall–Kier alpha value is -2.55. The number of aliphatic imine (C=N–C) groups is 1. The summed E-state index contributed by atoms with van der Waals surface area (Å²) in [7, 11) is 3.28. The van der Waals surface area contributed by atoms with Gasteiger partial charge in [-0.05, 0) is 40.1 Å². The fourth-order valence-corrected chi connectivity index (χ4v) is 2.75. The van der Waals surface area contributed by atoms with Crippen molar-refractivity contribution in [1.82, 2.24) is 15.5 Å². The van der Waals surface area contributed by atoms with E-state index < -0.39 is 11.7 Å². The predicted molar refractivity (Wildman–Crippen MR) is 100 cm³/mol. The lowest BCUT2D eigenvalue weighted by Crippen LogP contribution is -2.42. The highest BCUT2D eigenvalue weighted by Gasteiger charge is 2.30. The second kappa shape index (κ2) is 9.40. The Labute approximate surface area is 159 Å². The first kappa shape index (κ1) is 20.8. The molecule has 2 aromatic rings. The van der Waals surface area contributed by atoms with E-state index in [0.717, 1.165) is 17.7 Å². The third kappa shape index (κ3) is 6.93. The minimum absolute atomic E-state index is 0.0328. The number of rotatable bonds is 6.